The van der Waals surface area contributed by atoms with Gasteiger partial charge in [0.1, 0.15) is 5.38 Å². The fraction of sp³-hybridized carbons (Fsp3) is 0.667. The first-order valence-corrected chi connectivity index (χ1v) is 10.0. The van der Waals surface area contributed by atoms with E-state index in [0.29, 0.717) is 6.42 Å². The Morgan fingerprint density at radius 2 is 1.25 bits per heavy atom. The average Bonchev–Trinajstić information content (AvgIpc) is 2.59. The largest absolute Gasteiger partial charge is 0.480 e. The highest BCUT2D eigenvalue weighted by molar-refractivity contribution is 6.29. The fourth-order valence-electron chi connectivity index (χ4n) is 3.01. The highest BCUT2D eigenvalue weighted by Gasteiger charge is 2.11. The topological polar surface area (TPSA) is 37.3 Å². The zero-order valence-corrected chi connectivity index (χ0v) is 15.6. The molecular formula is C21H33ClO2. The molecule has 1 aromatic rings. The highest BCUT2D eigenvalue weighted by Crippen LogP contribution is 2.14. The molecule has 1 unspecified atom stereocenters. The minimum atomic E-state index is -0.888. The summed E-state index contributed by atoms with van der Waals surface area (Å²) in [5.41, 5.74) is 1.46. The van der Waals surface area contributed by atoms with E-state index >= 15 is 0 Å². The first kappa shape index (κ1) is 21.0. The van der Waals surface area contributed by atoms with Gasteiger partial charge in [-0.25, -0.2) is 0 Å². The lowest BCUT2D eigenvalue weighted by atomic mass is 10.0. The van der Waals surface area contributed by atoms with E-state index in [4.69, 9.17) is 16.7 Å². The van der Waals surface area contributed by atoms with Gasteiger partial charge < -0.3 is 5.11 Å². The van der Waals surface area contributed by atoms with Gasteiger partial charge in [0.05, 0.1) is 0 Å². The van der Waals surface area contributed by atoms with Crippen LogP contribution in [0.2, 0.25) is 0 Å². The predicted molar refractivity (Wildman–Crippen MR) is 103 cm³/mol. The molecule has 0 aliphatic heterocycles. The summed E-state index contributed by atoms with van der Waals surface area (Å²) < 4.78 is 0. The van der Waals surface area contributed by atoms with Crippen molar-refractivity contribution < 1.29 is 9.90 Å². The Morgan fingerprint density at radius 3 is 1.75 bits per heavy atom. The molecule has 0 bridgehead atoms. The lowest BCUT2D eigenvalue weighted by Crippen LogP contribution is -2.12. The van der Waals surface area contributed by atoms with Crippen LogP contribution in [0.4, 0.5) is 0 Å². The smallest absolute Gasteiger partial charge is 0.321 e. The van der Waals surface area contributed by atoms with Crippen molar-refractivity contribution in [1.29, 1.82) is 0 Å². The number of halogens is 1. The Bertz CT molecular complexity index is 419. The van der Waals surface area contributed by atoms with Crippen molar-refractivity contribution in [2.45, 2.75) is 88.8 Å². The maximum atomic E-state index is 10.6. The molecule has 0 aromatic heterocycles. The highest BCUT2D eigenvalue weighted by atomic mass is 35.5. The molecule has 24 heavy (non-hydrogen) atoms. The Labute approximate surface area is 152 Å². The number of unbranched alkanes of at least 4 members (excludes halogenated alkanes) is 10. The molecule has 0 aliphatic rings. The van der Waals surface area contributed by atoms with Crippen LogP contribution >= 0.6 is 11.6 Å². The molecule has 0 radical (unpaired) electrons. The first-order chi connectivity index (χ1) is 11.7. The molecule has 0 amide bonds. The maximum Gasteiger partial charge on any atom is 0.321 e. The summed E-state index contributed by atoms with van der Waals surface area (Å²) in [6.45, 7) is 0. The van der Waals surface area contributed by atoms with Crippen molar-refractivity contribution in [2.75, 3.05) is 0 Å². The van der Waals surface area contributed by atoms with Crippen molar-refractivity contribution in [3.8, 4) is 0 Å². The van der Waals surface area contributed by atoms with E-state index in [1.165, 1.54) is 69.8 Å². The summed E-state index contributed by atoms with van der Waals surface area (Å²) in [6, 6.07) is 10.8. The van der Waals surface area contributed by atoms with E-state index in [0.717, 1.165) is 12.8 Å². The SMILES string of the molecule is O=C(O)C(Cl)CCCCCCCCCCCCCc1ccccc1. The van der Waals surface area contributed by atoms with Gasteiger partial charge in [-0.3, -0.25) is 4.79 Å². The van der Waals surface area contributed by atoms with Gasteiger partial charge in [-0.05, 0) is 24.8 Å². The second-order valence-corrected chi connectivity index (χ2v) is 7.25. The van der Waals surface area contributed by atoms with Crippen molar-refractivity contribution >= 4 is 17.6 Å². The van der Waals surface area contributed by atoms with E-state index in [2.05, 4.69) is 30.3 Å². The second kappa shape index (κ2) is 14.3. The minimum absolute atomic E-state index is 0.597. The Kier molecular flexibility index (Phi) is 12.6. The van der Waals surface area contributed by atoms with Gasteiger partial charge in [0.2, 0.25) is 0 Å². The average molecular weight is 353 g/mol. The first-order valence-electron chi connectivity index (χ1n) is 9.61. The summed E-state index contributed by atoms with van der Waals surface area (Å²) in [5, 5.41) is 7.98. The summed E-state index contributed by atoms with van der Waals surface area (Å²) >= 11 is 5.68. The molecule has 0 aliphatic carbocycles. The van der Waals surface area contributed by atoms with Crippen LogP contribution in [0.1, 0.15) is 82.6 Å². The quantitative estimate of drug-likeness (QED) is 0.285. The molecular weight excluding hydrogens is 320 g/mol. The fourth-order valence-corrected chi connectivity index (χ4v) is 3.17. The number of hydrogen-bond donors (Lipinski definition) is 1. The summed E-state index contributed by atoms with van der Waals surface area (Å²) in [7, 11) is 0. The summed E-state index contributed by atoms with van der Waals surface area (Å²) in [6.07, 6.45) is 15.7. The molecule has 0 spiro atoms. The number of alkyl halides is 1. The lowest BCUT2D eigenvalue weighted by molar-refractivity contribution is -0.136. The molecule has 1 N–H and O–H groups in total. The standard InChI is InChI=1S/C21H33ClO2/c22-20(21(23)24)18-14-9-7-5-3-1-2-4-6-8-11-15-19-16-12-10-13-17-19/h10,12-13,16-17,20H,1-9,11,14-15,18H2,(H,23,24). The Hall–Kier alpha value is -1.02. The third-order valence-electron chi connectivity index (χ3n) is 4.53. The van der Waals surface area contributed by atoms with Gasteiger partial charge in [0.25, 0.3) is 0 Å². The zero-order chi connectivity index (χ0) is 17.5. The number of carboxylic acid groups (broad SMARTS) is 1. The van der Waals surface area contributed by atoms with Crippen molar-refractivity contribution in [2.24, 2.45) is 0 Å². The number of benzene rings is 1. The molecule has 0 heterocycles. The molecule has 1 atom stereocenters. The van der Waals surface area contributed by atoms with Crippen LogP contribution in [-0.4, -0.2) is 16.5 Å². The van der Waals surface area contributed by atoms with Gasteiger partial charge in [-0.1, -0.05) is 94.5 Å². The van der Waals surface area contributed by atoms with Crippen molar-refractivity contribution in [3.05, 3.63) is 35.9 Å². The number of hydrogen-bond acceptors (Lipinski definition) is 1. The summed E-state index contributed by atoms with van der Waals surface area (Å²) in [4.78, 5) is 10.6. The number of carboxylic acids is 1. The molecule has 0 fully saturated rings. The third-order valence-corrected chi connectivity index (χ3v) is 4.94. The second-order valence-electron chi connectivity index (χ2n) is 6.72. The molecule has 136 valence electrons. The zero-order valence-electron chi connectivity index (χ0n) is 14.9. The van der Waals surface area contributed by atoms with Gasteiger partial charge in [0, 0.05) is 0 Å². The van der Waals surface area contributed by atoms with E-state index in [1.807, 2.05) is 0 Å². The van der Waals surface area contributed by atoms with Gasteiger partial charge >= 0.3 is 5.97 Å². The van der Waals surface area contributed by atoms with Crippen LogP contribution < -0.4 is 0 Å². The normalized spacial score (nSPS) is 12.2. The number of aryl methyl sites for hydroxylation is 1. The Morgan fingerprint density at radius 1 is 0.792 bits per heavy atom. The molecule has 1 rings (SSSR count). The third kappa shape index (κ3) is 11.5. The molecule has 1 aromatic carbocycles. The maximum absolute atomic E-state index is 10.6. The minimum Gasteiger partial charge on any atom is -0.480 e. The lowest BCUT2D eigenvalue weighted by Gasteiger charge is -2.05. The van der Waals surface area contributed by atoms with Crippen LogP contribution in [-0.2, 0) is 11.2 Å². The van der Waals surface area contributed by atoms with Gasteiger partial charge in [0.15, 0.2) is 0 Å². The van der Waals surface area contributed by atoms with Crippen molar-refractivity contribution in [1.82, 2.24) is 0 Å². The number of carbonyl (C=O) groups is 1. The van der Waals surface area contributed by atoms with E-state index in [-0.39, 0.29) is 0 Å². The molecule has 2 nitrogen and oxygen atoms in total. The Balaban J connectivity index is 1.77. The van der Waals surface area contributed by atoms with Crippen LogP contribution in [0.3, 0.4) is 0 Å². The molecule has 3 heteroatoms. The summed E-state index contributed by atoms with van der Waals surface area (Å²) in [5.74, 6) is -0.888. The van der Waals surface area contributed by atoms with Gasteiger partial charge in [-0.2, -0.15) is 0 Å². The van der Waals surface area contributed by atoms with E-state index in [9.17, 15) is 4.79 Å². The predicted octanol–water partition coefficient (Wildman–Crippen LogP) is 6.60. The van der Waals surface area contributed by atoms with Gasteiger partial charge in [-0.15, -0.1) is 11.6 Å². The van der Waals surface area contributed by atoms with Crippen LogP contribution in [0.15, 0.2) is 30.3 Å². The van der Waals surface area contributed by atoms with Crippen LogP contribution in [0, 0.1) is 0 Å². The van der Waals surface area contributed by atoms with E-state index in [1.54, 1.807) is 0 Å². The molecule has 0 saturated heterocycles. The van der Waals surface area contributed by atoms with Crippen LogP contribution in [0.5, 0.6) is 0 Å². The number of aliphatic carboxylic acids is 1. The van der Waals surface area contributed by atoms with Crippen LogP contribution in [0.25, 0.3) is 0 Å². The monoisotopic (exact) mass is 352 g/mol. The number of rotatable bonds is 15. The van der Waals surface area contributed by atoms with Crippen molar-refractivity contribution in [3.63, 3.8) is 0 Å². The van der Waals surface area contributed by atoms with E-state index < -0.39 is 11.3 Å². The molecule has 0 saturated carbocycles.